The molecule has 0 heterocycles. The highest BCUT2D eigenvalue weighted by Crippen LogP contribution is 2.71. The fourth-order valence-electron chi connectivity index (χ4n) is 6.11. The standard InChI is InChI=1S/C16H28O5/c1-13-4-11(20)15(5-13,8-18)6-16(21,9-19)12-10(13)3-14(12,2)7-17/h10-12,17-21H,3-9H2,1-2H3/t10-,11?,12+,13+,14?,15-,16?/m0/s1. The first-order chi connectivity index (χ1) is 9.69. The minimum absolute atomic E-state index is 0.0127. The van der Waals surface area contributed by atoms with Crippen LogP contribution in [0, 0.1) is 28.1 Å². The Morgan fingerprint density at radius 1 is 0.952 bits per heavy atom. The van der Waals surface area contributed by atoms with E-state index in [2.05, 4.69) is 6.92 Å². The summed E-state index contributed by atoms with van der Waals surface area (Å²) in [4.78, 5) is 0. The van der Waals surface area contributed by atoms with Crippen LogP contribution in [0.3, 0.4) is 0 Å². The van der Waals surface area contributed by atoms with E-state index in [0.29, 0.717) is 12.8 Å². The first kappa shape index (κ1) is 15.7. The molecule has 3 aliphatic rings. The van der Waals surface area contributed by atoms with Gasteiger partial charge in [0.2, 0.25) is 0 Å². The van der Waals surface area contributed by atoms with Gasteiger partial charge in [0.25, 0.3) is 0 Å². The molecule has 7 atom stereocenters. The lowest BCUT2D eigenvalue weighted by atomic mass is 9.44. The summed E-state index contributed by atoms with van der Waals surface area (Å²) < 4.78 is 0. The van der Waals surface area contributed by atoms with E-state index in [9.17, 15) is 25.5 Å². The fourth-order valence-corrected chi connectivity index (χ4v) is 6.11. The fraction of sp³-hybridized carbons (Fsp3) is 1.00. The minimum atomic E-state index is -1.34. The van der Waals surface area contributed by atoms with Crippen molar-refractivity contribution < 1.29 is 25.5 Å². The molecule has 122 valence electrons. The van der Waals surface area contributed by atoms with Crippen molar-refractivity contribution in [3.8, 4) is 0 Å². The average Bonchev–Trinajstić information content (AvgIpc) is 2.63. The van der Waals surface area contributed by atoms with Crippen molar-refractivity contribution in [1.82, 2.24) is 0 Å². The minimum Gasteiger partial charge on any atom is -0.396 e. The molecule has 0 aromatic rings. The Morgan fingerprint density at radius 3 is 2.14 bits per heavy atom. The van der Waals surface area contributed by atoms with Crippen molar-refractivity contribution in [2.45, 2.75) is 51.2 Å². The van der Waals surface area contributed by atoms with Gasteiger partial charge in [-0.2, -0.15) is 0 Å². The topological polar surface area (TPSA) is 101 Å². The maximum absolute atomic E-state index is 11.1. The molecule has 3 fully saturated rings. The van der Waals surface area contributed by atoms with Crippen molar-refractivity contribution in [2.75, 3.05) is 19.8 Å². The van der Waals surface area contributed by atoms with Crippen LogP contribution < -0.4 is 0 Å². The smallest absolute Gasteiger partial charge is 0.0921 e. The summed E-state index contributed by atoms with van der Waals surface area (Å²) in [5, 5.41) is 51.0. The molecule has 3 rings (SSSR count). The molecule has 3 unspecified atom stereocenters. The van der Waals surface area contributed by atoms with E-state index < -0.39 is 29.1 Å². The predicted octanol–water partition coefficient (Wildman–Crippen LogP) is -0.112. The van der Waals surface area contributed by atoms with Crippen LogP contribution in [0.25, 0.3) is 0 Å². The Kier molecular flexibility index (Phi) is 3.30. The molecule has 5 nitrogen and oxygen atoms in total. The third-order valence-corrected chi connectivity index (χ3v) is 7.04. The summed E-state index contributed by atoms with van der Waals surface area (Å²) in [6.45, 7) is 3.49. The first-order valence-corrected chi connectivity index (χ1v) is 7.92. The molecule has 21 heavy (non-hydrogen) atoms. The van der Waals surface area contributed by atoms with E-state index in [1.54, 1.807) is 0 Å². The highest BCUT2D eigenvalue weighted by atomic mass is 16.3. The Bertz CT molecular complexity index is 442. The predicted molar refractivity (Wildman–Crippen MR) is 76.3 cm³/mol. The third-order valence-electron chi connectivity index (χ3n) is 7.04. The Balaban J connectivity index is 2.07. The number of rotatable bonds is 3. The number of hydrogen-bond donors (Lipinski definition) is 5. The van der Waals surface area contributed by atoms with Gasteiger partial charge in [0.1, 0.15) is 0 Å². The van der Waals surface area contributed by atoms with E-state index in [0.717, 1.165) is 6.42 Å². The molecule has 0 radical (unpaired) electrons. The van der Waals surface area contributed by atoms with Crippen molar-refractivity contribution >= 4 is 0 Å². The molecule has 2 bridgehead atoms. The van der Waals surface area contributed by atoms with Crippen LogP contribution in [-0.4, -0.2) is 57.1 Å². The van der Waals surface area contributed by atoms with Crippen LogP contribution in [0.2, 0.25) is 0 Å². The van der Waals surface area contributed by atoms with Crippen molar-refractivity contribution in [2.24, 2.45) is 28.1 Å². The molecular formula is C16H28O5. The Morgan fingerprint density at radius 2 is 1.62 bits per heavy atom. The number of hydrogen-bond acceptors (Lipinski definition) is 5. The van der Waals surface area contributed by atoms with E-state index in [4.69, 9.17) is 0 Å². The molecule has 5 heteroatoms. The zero-order valence-electron chi connectivity index (χ0n) is 12.9. The van der Waals surface area contributed by atoms with Crippen LogP contribution in [0.15, 0.2) is 0 Å². The second kappa shape index (κ2) is 4.42. The summed E-state index contributed by atoms with van der Waals surface area (Å²) in [5.74, 6) is -0.0247. The van der Waals surface area contributed by atoms with Crippen LogP contribution in [-0.2, 0) is 0 Å². The lowest BCUT2D eigenvalue weighted by Gasteiger charge is -2.62. The highest BCUT2D eigenvalue weighted by molar-refractivity contribution is 5.20. The van der Waals surface area contributed by atoms with Gasteiger partial charge in [0.05, 0.1) is 24.9 Å². The quantitative estimate of drug-likeness (QED) is 0.500. The van der Waals surface area contributed by atoms with Crippen molar-refractivity contribution in [3.05, 3.63) is 0 Å². The van der Waals surface area contributed by atoms with Gasteiger partial charge in [-0.25, -0.2) is 0 Å². The van der Waals surface area contributed by atoms with Crippen LogP contribution in [0.4, 0.5) is 0 Å². The van der Waals surface area contributed by atoms with Crippen LogP contribution in [0.5, 0.6) is 0 Å². The summed E-state index contributed by atoms with van der Waals surface area (Å²) in [5.41, 5.74) is -2.62. The second-order valence-corrected chi connectivity index (χ2v) is 8.61. The first-order valence-electron chi connectivity index (χ1n) is 7.92. The zero-order valence-corrected chi connectivity index (χ0v) is 12.9. The van der Waals surface area contributed by atoms with Gasteiger partial charge in [0, 0.05) is 17.9 Å². The lowest BCUT2D eigenvalue weighted by Crippen LogP contribution is -2.65. The molecule has 3 saturated carbocycles. The molecule has 5 N–H and O–H groups in total. The maximum Gasteiger partial charge on any atom is 0.0921 e. The van der Waals surface area contributed by atoms with E-state index in [-0.39, 0.29) is 36.9 Å². The van der Waals surface area contributed by atoms with Gasteiger partial charge in [-0.3, -0.25) is 0 Å². The summed E-state index contributed by atoms with van der Waals surface area (Å²) in [6, 6.07) is 0. The molecule has 0 saturated heterocycles. The molecule has 0 spiro atoms. The van der Waals surface area contributed by atoms with Gasteiger partial charge in [0.15, 0.2) is 0 Å². The molecule has 0 amide bonds. The maximum atomic E-state index is 11.1. The normalized spacial score (nSPS) is 59.3. The average molecular weight is 300 g/mol. The van der Waals surface area contributed by atoms with Gasteiger partial charge in [-0.15, -0.1) is 0 Å². The van der Waals surface area contributed by atoms with Crippen molar-refractivity contribution in [3.63, 3.8) is 0 Å². The molecule has 3 aliphatic carbocycles. The summed E-state index contributed by atoms with van der Waals surface area (Å²) in [7, 11) is 0. The lowest BCUT2D eigenvalue weighted by molar-refractivity contribution is -0.230. The van der Waals surface area contributed by atoms with E-state index in [1.807, 2.05) is 6.92 Å². The van der Waals surface area contributed by atoms with Gasteiger partial charge in [-0.05, 0) is 42.4 Å². The molecule has 0 aromatic carbocycles. The molecular weight excluding hydrogens is 272 g/mol. The Hall–Kier alpha value is -0.200. The van der Waals surface area contributed by atoms with Crippen molar-refractivity contribution in [1.29, 1.82) is 0 Å². The molecule has 0 aromatic heterocycles. The monoisotopic (exact) mass is 300 g/mol. The van der Waals surface area contributed by atoms with E-state index >= 15 is 0 Å². The third kappa shape index (κ3) is 1.81. The summed E-state index contributed by atoms with van der Waals surface area (Å²) in [6.07, 6.45) is 1.63. The largest absolute Gasteiger partial charge is 0.396 e. The number of fused-ring (bicyclic) bond motifs is 4. The van der Waals surface area contributed by atoms with E-state index in [1.165, 1.54) is 0 Å². The summed E-state index contributed by atoms with van der Waals surface area (Å²) >= 11 is 0. The highest BCUT2D eigenvalue weighted by Gasteiger charge is 2.71. The van der Waals surface area contributed by atoms with Gasteiger partial charge < -0.3 is 25.5 Å². The van der Waals surface area contributed by atoms with Gasteiger partial charge >= 0.3 is 0 Å². The SMILES string of the molecule is CC1(CO)C[C@H]2[C@H]1C(O)(CO)C[C@]1(CO)C[C@@]2(C)CC1O. The Labute approximate surface area is 125 Å². The zero-order chi connectivity index (χ0) is 15.7. The van der Waals surface area contributed by atoms with Crippen LogP contribution >= 0.6 is 0 Å². The number of aliphatic hydroxyl groups is 5. The number of aliphatic hydroxyl groups excluding tert-OH is 4. The molecule has 0 aliphatic heterocycles. The second-order valence-electron chi connectivity index (χ2n) is 8.61. The van der Waals surface area contributed by atoms with Gasteiger partial charge in [-0.1, -0.05) is 13.8 Å². The van der Waals surface area contributed by atoms with Crippen LogP contribution in [0.1, 0.15) is 39.5 Å².